The van der Waals surface area contributed by atoms with Crippen molar-refractivity contribution in [2.45, 2.75) is 19.3 Å². The van der Waals surface area contributed by atoms with E-state index in [0.29, 0.717) is 10.2 Å². The molecule has 1 aliphatic rings. The first kappa shape index (κ1) is 20.3. The average molecular weight is 438 g/mol. The maximum atomic E-state index is 12.5. The number of hydrogen-bond acceptors (Lipinski definition) is 4. The van der Waals surface area contributed by atoms with Crippen LogP contribution in [-0.2, 0) is 15.0 Å². The highest BCUT2D eigenvalue weighted by Crippen LogP contribution is 2.42. The number of benzene rings is 2. The molecule has 0 unspecified atom stereocenters. The summed E-state index contributed by atoms with van der Waals surface area (Å²) in [7, 11) is 1.79. The van der Waals surface area contributed by atoms with E-state index in [2.05, 4.69) is 10.3 Å². The first-order valence-corrected chi connectivity index (χ1v) is 10.6. The van der Waals surface area contributed by atoms with Gasteiger partial charge in [-0.1, -0.05) is 29.8 Å². The Hall–Kier alpha value is -2.96. The number of aromatic nitrogens is 1. The van der Waals surface area contributed by atoms with E-state index in [1.807, 2.05) is 49.6 Å². The third-order valence-corrected chi connectivity index (χ3v) is 6.17. The second-order valence-electron chi connectivity index (χ2n) is 7.64. The number of halogens is 1. The van der Waals surface area contributed by atoms with Gasteiger partial charge in [0.15, 0.2) is 5.13 Å². The fourth-order valence-electron chi connectivity index (χ4n) is 3.53. The number of amides is 2. The Kier molecular flexibility index (Phi) is 5.22. The smallest absolute Gasteiger partial charge is 0.250 e. The van der Waals surface area contributed by atoms with Crippen LogP contribution in [0.4, 0.5) is 10.8 Å². The van der Waals surface area contributed by atoms with Crippen LogP contribution in [-0.4, -0.2) is 23.8 Å². The van der Waals surface area contributed by atoms with Gasteiger partial charge in [-0.15, -0.1) is 11.3 Å². The average Bonchev–Trinajstić information content (AvgIpc) is 3.24. The van der Waals surface area contributed by atoms with Gasteiger partial charge >= 0.3 is 0 Å². The van der Waals surface area contributed by atoms with Crippen molar-refractivity contribution in [2.75, 3.05) is 17.3 Å². The highest BCUT2D eigenvalue weighted by Gasteiger charge is 2.42. The van der Waals surface area contributed by atoms with Crippen LogP contribution < -0.4 is 10.2 Å². The minimum atomic E-state index is -0.571. The van der Waals surface area contributed by atoms with E-state index in [0.717, 1.165) is 28.1 Å². The number of thiazole rings is 1. The van der Waals surface area contributed by atoms with Gasteiger partial charge in [0.1, 0.15) is 0 Å². The predicted octanol–water partition coefficient (Wildman–Crippen LogP) is 5.37. The number of likely N-dealkylation sites (N-methyl/N-ethyl adjacent to an activating group) is 1. The molecule has 0 radical (unpaired) electrons. The molecular formula is C23H20ClN3O2S. The molecule has 3 aromatic rings. The lowest BCUT2D eigenvalue weighted by molar-refractivity contribution is -0.121. The van der Waals surface area contributed by atoms with Crippen molar-refractivity contribution in [1.29, 1.82) is 0 Å². The Morgan fingerprint density at radius 1 is 1.23 bits per heavy atom. The number of nitrogens with one attached hydrogen (secondary N) is 1. The minimum absolute atomic E-state index is 0.0763. The van der Waals surface area contributed by atoms with Crippen molar-refractivity contribution in [3.8, 4) is 11.3 Å². The highest BCUT2D eigenvalue weighted by molar-refractivity contribution is 7.14. The molecule has 0 saturated heterocycles. The zero-order valence-electron chi connectivity index (χ0n) is 16.8. The number of carbonyl (C=O) groups is 2. The van der Waals surface area contributed by atoms with Crippen molar-refractivity contribution >= 4 is 51.6 Å². The fraction of sp³-hybridized carbons (Fsp3) is 0.174. The van der Waals surface area contributed by atoms with Gasteiger partial charge < -0.3 is 4.90 Å². The van der Waals surface area contributed by atoms with E-state index in [1.54, 1.807) is 30.2 Å². The second kappa shape index (κ2) is 7.70. The minimum Gasteiger partial charge on any atom is -0.314 e. The maximum absolute atomic E-state index is 12.5. The number of carbonyl (C=O) groups excluding carboxylic acids is 2. The van der Waals surface area contributed by atoms with Gasteiger partial charge in [0, 0.05) is 34.8 Å². The zero-order chi connectivity index (χ0) is 21.5. The first-order valence-electron chi connectivity index (χ1n) is 9.39. The van der Waals surface area contributed by atoms with Gasteiger partial charge in [0.05, 0.1) is 11.1 Å². The van der Waals surface area contributed by atoms with Crippen LogP contribution in [0.2, 0.25) is 5.02 Å². The summed E-state index contributed by atoms with van der Waals surface area (Å²) in [5.74, 6) is -0.189. The Morgan fingerprint density at radius 2 is 2.03 bits per heavy atom. The molecule has 1 N–H and O–H groups in total. The molecule has 0 aliphatic carbocycles. The molecule has 1 aromatic heterocycles. The normalized spacial score (nSPS) is 14.9. The summed E-state index contributed by atoms with van der Waals surface area (Å²) < 4.78 is 0. The summed E-state index contributed by atoms with van der Waals surface area (Å²) in [5.41, 5.74) is 3.85. The summed E-state index contributed by atoms with van der Waals surface area (Å²) in [6, 6.07) is 13.2. The lowest BCUT2D eigenvalue weighted by atomic mass is 9.85. The van der Waals surface area contributed by atoms with Crippen molar-refractivity contribution < 1.29 is 9.59 Å². The molecule has 7 heteroatoms. The largest absolute Gasteiger partial charge is 0.314 e. The summed E-state index contributed by atoms with van der Waals surface area (Å²) in [5, 5.41) is 5.81. The van der Waals surface area contributed by atoms with E-state index in [-0.39, 0.29) is 11.8 Å². The molecule has 5 nitrogen and oxygen atoms in total. The van der Waals surface area contributed by atoms with Crippen molar-refractivity contribution in [3.05, 3.63) is 70.1 Å². The van der Waals surface area contributed by atoms with E-state index in [4.69, 9.17) is 11.6 Å². The molecule has 0 atom stereocenters. The molecule has 0 spiro atoms. The van der Waals surface area contributed by atoms with Gasteiger partial charge in [-0.3, -0.25) is 14.9 Å². The third-order valence-electron chi connectivity index (χ3n) is 5.18. The Bertz CT molecular complexity index is 1180. The molecule has 0 saturated carbocycles. The lowest BCUT2D eigenvalue weighted by Crippen LogP contribution is -2.33. The van der Waals surface area contributed by atoms with Crippen LogP contribution in [0, 0.1) is 0 Å². The van der Waals surface area contributed by atoms with Gasteiger partial charge in [-0.25, -0.2) is 4.98 Å². The van der Waals surface area contributed by atoms with Crippen molar-refractivity contribution in [3.63, 3.8) is 0 Å². The second-order valence-corrected chi connectivity index (χ2v) is 8.93. The summed E-state index contributed by atoms with van der Waals surface area (Å²) in [4.78, 5) is 30.9. The highest BCUT2D eigenvalue weighted by atomic mass is 35.5. The van der Waals surface area contributed by atoms with Crippen LogP contribution in [0.1, 0.15) is 25.0 Å². The van der Waals surface area contributed by atoms with Crippen LogP contribution in [0.15, 0.2) is 53.9 Å². The summed E-state index contributed by atoms with van der Waals surface area (Å²) in [6.07, 6.45) is 3.15. The molecule has 152 valence electrons. The van der Waals surface area contributed by atoms with Crippen molar-refractivity contribution in [1.82, 2.24) is 4.98 Å². The standard InChI is InChI=1S/C23H20ClN3O2S/c1-23(2)17-12-15(8-9-19(17)27(3)21(23)29)18-13-30-22(25-18)26-20(28)10-7-14-5-4-6-16(24)11-14/h4-13H,1-3H3,(H,25,26,28)/b10-7+. The van der Waals surface area contributed by atoms with Crippen LogP contribution in [0.25, 0.3) is 17.3 Å². The number of fused-ring (bicyclic) bond motifs is 1. The van der Waals surface area contributed by atoms with E-state index in [9.17, 15) is 9.59 Å². The van der Waals surface area contributed by atoms with Gasteiger partial charge in [0.25, 0.3) is 0 Å². The van der Waals surface area contributed by atoms with E-state index >= 15 is 0 Å². The number of rotatable bonds is 4. The number of nitrogens with zero attached hydrogens (tertiary/aromatic N) is 2. The van der Waals surface area contributed by atoms with Crippen LogP contribution in [0.5, 0.6) is 0 Å². The molecule has 2 aromatic carbocycles. The monoisotopic (exact) mass is 437 g/mol. The quantitative estimate of drug-likeness (QED) is 0.558. The van der Waals surface area contributed by atoms with Crippen LogP contribution >= 0.6 is 22.9 Å². The molecule has 1 aliphatic heterocycles. The first-order chi connectivity index (χ1) is 14.3. The number of anilines is 2. The Labute approximate surface area is 184 Å². The SMILES string of the molecule is CN1C(=O)C(C)(C)c2cc(-c3csc(NC(=O)/C=C/c4cccc(Cl)c4)n3)ccc21. The zero-order valence-corrected chi connectivity index (χ0v) is 18.3. The summed E-state index contributed by atoms with van der Waals surface area (Å²) >= 11 is 7.31. The van der Waals surface area contributed by atoms with Gasteiger partial charge in [0.2, 0.25) is 11.8 Å². The molecule has 0 fully saturated rings. The topological polar surface area (TPSA) is 62.3 Å². The third kappa shape index (κ3) is 3.76. The van der Waals surface area contributed by atoms with E-state index < -0.39 is 5.41 Å². The maximum Gasteiger partial charge on any atom is 0.250 e. The lowest BCUT2D eigenvalue weighted by Gasteiger charge is -2.16. The van der Waals surface area contributed by atoms with Gasteiger partial charge in [-0.05, 0) is 55.3 Å². The molecule has 4 rings (SSSR count). The van der Waals surface area contributed by atoms with Gasteiger partial charge in [-0.2, -0.15) is 0 Å². The van der Waals surface area contributed by atoms with E-state index in [1.165, 1.54) is 17.4 Å². The molecular weight excluding hydrogens is 418 g/mol. The predicted molar refractivity (Wildman–Crippen MR) is 123 cm³/mol. The molecule has 2 heterocycles. The molecule has 2 amide bonds. The molecule has 0 bridgehead atoms. The van der Waals surface area contributed by atoms with Crippen LogP contribution in [0.3, 0.4) is 0 Å². The fourth-order valence-corrected chi connectivity index (χ4v) is 4.45. The summed E-state index contributed by atoms with van der Waals surface area (Å²) in [6.45, 7) is 3.86. The Balaban J connectivity index is 1.51. The van der Waals surface area contributed by atoms with Crippen molar-refractivity contribution in [2.24, 2.45) is 0 Å². The molecule has 30 heavy (non-hydrogen) atoms. The number of hydrogen-bond donors (Lipinski definition) is 1. The Morgan fingerprint density at radius 3 is 2.80 bits per heavy atom.